The predicted octanol–water partition coefficient (Wildman–Crippen LogP) is 2.57. The highest BCUT2D eigenvalue weighted by molar-refractivity contribution is 5.87. The zero-order valence-electron chi connectivity index (χ0n) is 17.7. The van der Waals surface area contributed by atoms with Gasteiger partial charge < -0.3 is 26.2 Å². The number of rotatable bonds is 5. The Kier molecular flexibility index (Phi) is 5.94. The van der Waals surface area contributed by atoms with Crippen molar-refractivity contribution < 1.29 is 4.79 Å². The summed E-state index contributed by atoms with van der Waals surface area (Å²) in [5, 5.41) is 5.77. The maximum Gasteiger partial charge on any atom is 0.227 e. The molecule has 0 radical (unpaired) electrons. The molecule has 0 aliphatic carbocycles. The molecule has 1 aromatic carbocycles. The first-order chi connectivity index (χ1) is 15.0. The molecule has 31 heavy (non-hydrogen) atoms. The zero-order valence-corrected chi connectivity index (χ0v) is 17.7. The van der Waals surface area contributed by atoms with Crippen LogP contribution in [-0.4, -0.2) is 59.0 Å². The molecule has 1 aliphatic rings. The first-order valence-electron chi connectivity index (χ1n) is 10.1. The molecule has 9 heteroatoms. The molecule has 1 aliphatic heterocycles. The second kappa shape index (κ2) is 8.97. The number of amides is 1. The number of carbonyl (C=O) groups is 1. The van der Waals surface area contributed by atoms with Gasteiger partial charge in [-0.1, -0.05) is 6.07 Å². The molecule has 0 saturated carbocycles. The largest absolute Gasteiger partial charge is 0.397 e. The van der Waals surface area contributed by atoms with Crippen LogP contribution in [-0.2, 0) is 4.79 Å². The van der Waals surface area contributed by atoms with Crippen LogP contribution in [0.4, 0.5) is 28.8 Å². The number of likely N-dealkylation sites (N-methyl/N-ethyl adjacent to an activating group) is 1. The standard InChI is InChI=1S/C22H26N8O/c1-15(31)26-21-6-4-17(14-25-21)27-22-24-8-7-19(28-22)16-3-5-20(18(23)13-16)30-11-9-29(2)10-12-30/h3-8,13-14H,9-12,23H2,1-2H3,(H,24,27,28)(H,25,26,31). The fourth-order valence-electron chi connectivity index (χ4n) is 3.48. The van der Waals surface area contributed by atoms with E-state index in [2.05, 4.69) is 48.5 Å². The molecule has 4 N–H and O–H groups in total. The van der Waals surface area contributed by atoms with Crippen LogP contribution in [0.5, 0.6) is 0 Å². The van der Waals surface area contributed by atoms with E-state index >= 15 is 0 Å². The number of piperazine rings is 1. The highest BCUT2D eigenvalue weighted by Crippen LogP contribution is 2.29. The second-order valence-corrected chi connectivity index (χ2v) is 7.57. The van der Waals surface area contributed by atoms with Crippen LogP contribution in [0, 0.1) is 0 Å². The summed E-state index contributed by atoms with van der Waals surface area (Å²) >= 11 is 0. The summed E-state index contributed by atoms with van der Waals surface area (Å²) in [7, 11) is 2.14. The maximum absolute atomic E-state index is 11.1. The molecule has 4 rings (SSSR count). The lowest BCUT2D eigenvalue weighted by molar-refractivity contribution is -0.114. The zero-order chi connectivity index (χ0) is 21.8. The van der Waals surface area contributed by atoms with Gasteiger partial charge in [-0.3, -0.25) is 4.79 Å². The number of nitrogens with zero attached hydrogens (tertiary/aromatic N) is 5. The molecule has 0 atom stereocenters. The van der Waals surface area contributed by atoms with E-state index in [1.54, 1.807) is 24.5 Å². The Morgan fingerprint density at radius 2 is 1.87 bits per heavy atom. The maximum atomic E-state index is 11.1. The quantitative estimate of drug-likeness (QED) is 0.542. The van der Waals surface area contributed by atoms with Crippen LogP contribution in [0.3, 0.4) is 0 Å². The third-order valence-electron chi connectivity index (χ3n) is 5.15. The molecule has 3 aromatic rings. The number of nitrogen functional groups attached to an aromatic ring is 1. The summed E-state index contributed by atoms with van der Waals surface area (Å²) in [4.78, 5) is 28.8. The minimum absolute atomic E-state index is 0.165. The third-order valence-corrected chi connectivity index (χ3v) is 5.15. The average Bonchev–Trinajstić information content (AvgIpc) is 2.76. The summed E-state index contributed by atoms with van der Waals surface area (Å²) in [6.45, 7) is 5.44. The van der Waals surface area contributed by atoms with Gasteiger partial charge in [0.05, 0.1) is 29.0 Å². The van der Waals surface area contributed by atoms with Gasteiger partial charge in [-0.15, -0.1) is 0 Å². The Morgan fingerprint density at radius 3 is 2.55 bits per heavy atom. The lowest BCUT2D eigenvalue weighted by atomic mass is 10.1. The van der Waals surface area contributed by atoms with Crippen LogP contribution < -0.4 is 21.3 Å². The molecule has 1 saturated heterocycles. The molecule has 2 aromatic heterocycles. The van der Waals surface area contributed by atoms with E-state index in [-0.39, 0.29) is 5.91 Å². The molecule has 0 bridgehead atoms. The van der Waals surface area contributed by atoms with Crippen molar-refractivity contribution in [3.63, 3.8) is 0 Å². The number of hydrogen-bond acceptors (Lipinski definition) is 8. The number of benzene rings is 1. The van der Waals surface area contributed by atoms with Gasteiger partial charge in [0.1, 0.15) is 5.82 Å². The Morgan fingerprint density at radius 1 is 1.06 bits per heavy atom. The number of carbonyl (C=O) groups excluding carboxylic acids is 1. The fourth-order valence-corrected chi connectivity index (χ4v) is 3.48. The molecule has 0 unspecified atom stereocenters. The molecule has 1 amide bonds. The lowest BCUT2D eigenvalue weighted by Crippen LogP contribution is -2.44. The Hall–Kier alpha value is -3.72. The Labute approximate surface area is 181 Å². The molecule has 1 fully saturated rings. The van der Waals surface area contributed by atoms with Gasteiger partial charge in [0.15, 0.2) is 0 Å². The number of nitrogens with one attached hydrogen (secondary N) is 2. The minimum Gasteiger partial charge on any atom is -0.397 e. The SMILES string of the molecule is CC(=O)Nc1ccc(Nc2nccc(-c3ccc(N4CCN(C)CC4)c(N)c3)n2)cn1. The van der Waals surface area contributed by atoms with Gasteiger partial charge in [0, 0.05) is 44.9 Å². The molecule has 0 spiro atoms. The Bertz CT molecular complexity index is 1060. The van der Waals surface area contributed by atoms with Crippen molar-refractivity contribution in [1.29, 1.82) is 0 Å². The number of aromatic nitrogens is 3. The highest BCUT2D eigenvalue weighted by Gasteiger charge is 2.17. The van der Waals surface area contributed by atoms with Crippen molar-refractivity contribution in [1.82, 2.24) is 19.9 Å². The summed E-state index contributed by atoms with van der Waals surface area (Å²) in [5.41, 5.74) is 10.6. The van der Waals surface area contributed by atoms with Crippen LogP contribution in [0.1, 0.15) is 6.92 Å². The van der Waals surface area contributed by atoms with Crippen LogP contribution in [0.15, 0.2) is 48.8 Å². The second-order valence-electron chi connectivity index (χ2n) is 7.57. The fraction of sp³-hybridized carbons (Fsp3) is 0.273. The van der Waals surface area contributed by atoms with E-state index in [1.807, 2.05) is 18.2 Å². The van der Waals surface area contributed by atoms with Gasteiger partial charge in [-0.25, -0.2) is 15.0 Å². The van der Waals surface area contributed by atoms with E-state index in [0.29, 0.717) is 11.8 Å². The van der Waals surface area contributed by atoms with E-state index in [9.17, 15) is 4.79 Å². The van der Waals surface area contributed by atoms with E-state index in [1.165, 1.54) is 6.92 Å². The monoisotopic (exact) mass is 418 g/mol. The predicted molar refractivity (Wildman–Crippen MR) is 123 cm³/mol. The van der Waals surface area contributed by atoms with E-state index in [4.69, 9.17) is 5.73 Å². The first-order valence-corrected chi connectivity index (χ1v) is 10.1. The van der Waals surface area contributed by atoms with Gasteiger partial charge in [0.25, 0.3) is 0 Å². The summed E-state index contributed by atoms with van der Waals surface area (Å²) < 4.78 is 0. The van der Waals surface area contributed by atoms with E-state index < -0.39 is 0 Å². The van der Waals surface area contributed by atoms with Crippen molar-refractivity contribution in [2.45, 2.75) is 6.92 Å². The summed E-state index contributed by atoms with van der Waals surface area (Å²) in [6.07, 6.45) is 3.32. The molecule has 9 nitrogen and oxygen atoms in total. The molecule has 3 heterocycles. The van der Waals surface area contributed by atoms with Crippen molar-refractivity contribution in [2.75, 3.05) is 54.5 Å². The lowest BCUT2D eigenvalue weighted by Gasteiger charge is -2.34. The Balaban J connectivity index is 1.49. The highest BCUT2D eigenvalue weighted by atomic mass is 16.1. The van der Waals surface area contributed by atoms with Gasteiger partial charge in [-0.2, -0.15) is 0 Å². The van der Waals surface area contributed by atoms with Crippen LogP contribution >= 0.6 is 0 Å². The topological polar surface area (TPSA) is 112 Å². The van der Waals surface area contributed by atoms with Crippen molar-refractivity contribution in [3.8, 4) is 11.3 Å². The first kappa shape index (κ1) is 20.5. The van der Waals surface area contributed by atoms with Gasteiger partial charge in [0.2, 0.25) is 11.9 Å². The number of nitrogens with two attached hydrogens (primary N) is 1. The van der Waals surface area contributed by atoms with Gasteiger partial charge in [-0.05, 0) is 37.4 Å². The number of anilines is 5. The molecular formula is C22H26N8O. The van der Waals surface area contributed by atoms with Gasteiger partial charge >= 0.3 is 0 Å². The third kappa shape index (κ3) is 5.07. The smallest absolute Gasteiger partial charge is 0.227 e. The normalized spacial score (nSPS) is 14.3. The average molecular weight is 419 g/mol. The number of hydrogen-bond donors (Lipinski definition) is 3. The van der Waals surface area contributed by atoms with Crippen molar-refractivity contribution >= 4 is 34.7 Å². The molecule has 160 valence electrons. The van der Waals surface area contributed by atoms with Crippen molar-refractivity contribution in [3.05, 3.63) is 48.8 Å². The molecular weight excluding hydrogens is 392 g/mol. The number of pyridine rings is 1. The summed E-state index contributed by atoms with van der Waals surface area (Å²) in [5.74, 6) is 0.777. The van der Waals surface area contributed by atoms with Crippen LogP contribution in [0.25, 0.3) is 11.3 Å². The summed E-state index contributed by atoms with van der Waals surface area (Å²) in [6, 6.07) is 11.4. The minimum atomic E-state index is -0.165. The van der Waals surface area contributed by atoms with Crippen molar-refractivity contribution in [2.24, 2.45) is 0 Å². The van der Waals surface area contributed by atoms with Crippen LogP contribution in [0.2, 0.25) is 0 Å². The van der Waals surface area contributed by atoms with E-state index in [0.717, 1.165) is 54.5 Å².